The third kappa shape index (κ3) is 1.35. The lowest BCUT2D eigenvalue weighted by Crippen LogP contribution is -1.82. The molecule has 0 aliphatic carbocycles. The first-order chi connectivity index (χ1) is 4.86. The van der Waals surface area contributed by atoms with Crippen LogP contribution >= 0.6 is 0 Å². The van der Waals surface area contributed by atoms with Gasteiger partial charge in [0.15, 0.2) is 0 Å². The molecular weight excluding hydrogens is 135 g/mol. The van der Waals surface area contributed by atoms with Crippen molar-refractivity contribution in [2.45, 2.75) is 0 Å². The Balaban J connectivity index is 2.90. The van der Waals surface area contributed by atoms with Crippen molar-refractivity contribution in [3.63, 3.8) is 0 Å². The molecule has 0 saturated heterocycles. The summed E-state index contributed by atoms with van der Waals surface area (Å²) in [4.78, 5) is 10.2. The molecule has 0 atom stereocenters. The summed E-state index contributed by atoms with van der Waals surface area (Å²) < 4.78 is 4.90. The first kappa shape index (κ1) is 6.81. The predicted octanol–water partition coefficient (Wildman–Crippen LogP) is 1.51. The molecule has 0 aliphatic heterocycles. The lowest BCUT2D eigenvalue weighted by molar-refractivity contribution is 0.112. The van der Waals surface area contributed by atoms with Gasteiger partial charge in [-0.05, 0) is 24.3 Å². The van der Waals surface area contributed by atoms with E-state index in [1.165, 1.54) is 0 Å². The Bertz CT molecular complexity index is 213. The number of carbonyl (C=O) groups is 1. The van der Waals surface area contributed by atoms with E-state index in [0.29, 0.717) is 5.56 Å². The number of carbonyl (C=O) groups excluding carboxylic acids is 1. The number of methoxy groups -OCH3 is 1. The minimum Gasteiger partial charge on any atom is -0.497 e. The van der Waals surface area contributed by atoms with Crippen LogP contribution in [0.2, 0.25) is 0 Å². The van der Waals surface area contributed by atoms with Crippen molar-refractivity contribution in [1.29, 1.82) is 0 Å². The van der Waals surface area contributed by atoms with E-state index < -0.39 is 0 Å². The molecule has 1 aromatic rings. The van der Waals surface area contributed by atoms with Crippen LogP contribution in [0.3, 0.4) is 0 Å². The summed E-state index contributed by atoms with van der Waals surface area (Å²) in [5.41, 5.74) is 0.667. The fourth-order valence-electron chi connectivity index (χ4n) is 0.682. The molecule has 2 heteroatoms. The zero-order valence-corrected chi connectivity index (χ0v) is 5.70. The average molecular weight is 143 g/mol. The van der Waals surface area contributed by atoms with Gasteiger partial charge < -0.3 is 4.74 Å². The van der Waals surface area contributed by atoms with Gasteiger partial charge in [0, 0.05) is 5.56 Å². The topological polar surface area (TPSA) is 26.3 Å². The van der Waals surface area contributed by atoms with Crippen molar-refractivity contribution in [1.82, 2.24) is 0 Å². The molecule has 0 N–H and O–H groups in total. The molecule has 0 fully saturated rings. The van der Waals surface area contributed by atoms with Gasteiger partial charge >= 0.3 is 0 Å². The summed E-state index contributed by atoms with van der Waals surface area (Å²) >= 11 is 0. The van der Waals surface area contributed by atoms with Crippen molar-refractivity contribution in [3.05, 3.63) is 29.8 Å². The highest BCUT2D eigenvalue weighted by Crippen LogP contribution is 2.09. The smallest absolute Gasteiger partial charge is 0.150 e. The zero-order chi connectivity index (χ0) is 7.40. The molecule has 10 heavy (non-hydrogen) atoms. The monoisotopic (exact) mass is 143 g/mol. The number of benzene rings is 1. The summed E-state index contributed by atoms with van der Waals surface area (Å²) in [5.74, 6) is 0.769. The van der Waals surface area contributed by atoms with E-state index >= 15 is 0 Å². The van der Waals surface area contributed by atoms with E-state index in [0.717, 1.165) is 12.0 Å². The van der Waals surface area contributed by atoms with Gasteiger partial charge in [0.1, 0.15) is 12.0 Å². The highest BCUT2D eigenvalue weighted by Gasteiger charge is 1.89. The molecule has 0 saturated carbocycles. The average Bonchev–Trinajstić information content (AvgIpc) is 2.05. The summed E-state index contributed by atoms with van der Waals surface area (Å²) in [6, 6.07) is 6.94. The van der Waals surface area contributed by atoms with E-state index in [-0.39, 0.29) is 0 Å². The van der Waals surface area contributed by atoms with Crippen molar-refractivity contribution in [3.8, 4) is 5.75 Å². The molecule has 0 aliphatic rings. The van der Waals surface area contributed by atoms with Crippen LogP contribution in [0.5, 0.6) is 5.75 Å². The Hall–Kier alpha value is -1.31. The molecule has 1 rings (SSSR count). The fraction of sp³-hybridized carbons (Fsp3) is 0.125. The summed E-state index contributed by atoms with van der Waals surface area (Å²) in [5, 5.41) is 0. The molecule has 0 radical (unpaired) electrons. The maximum Gasteiger partial charge on any atom is 0.150 e. The van der Waals surface area contributed by atoms with Crippen LogP contribution in [0.25, 0.3) is 0 Å². The normalized spacial score (nSPS) is 8.90. The van der Waals surface area contributed by atoms with Gasteiger partial charge in [0.25, 0.3) is 0 Å². The van der Waals surface area contributed by atoms with E-state index in [4.69, 9.17) is 4.74 Å². The highest BCUT2D eigenvalue weighted by atomic mass is 16.5. The van der Waals surface area contributed by atoms with Gasteiger partial charge in [-0.15, -0.1) is 0 Å². The molecule has 0 amide bonds. The standard InChI is InChI=1S/C8H8O2/c1-10-8-4-2-7(6-9)3-5-8/h2-6H,1H3/i2+1,3+1,4+1,5+1,6+1,7+1,8+1. The van der Waals surface area contributed by atoms with Gasteiger partial charge in [-0.3, -0.25) is 4.79 Å². The van der Waals surface area contributed by atoms with Crippen LogP contribution in [-0.2, 0) is 0 Å². The largest absolute Gasteiger partial charge is 0.497 e. The van der Waals surface area contributed by atoms with Crippen LogP contribution in [-0.4, -0.2) is 13.4 Å². The Morgan fingerprint density at radius 2 is 1.90 bits per heavy atom. The van der Waals surface area contributed by atoms with Gasteiger partial charge in [-0.1, -0.05) is 0 Å². The molecule has 0 unspecified atom stereocenters. The van der Waals surface area contributed by atoms with E-state index in [2.05, 4.69) is 0 Å². The van der Waals surface area contributed by atoms with Crippen LogP contribution in [0.15, 0.2) is 24.3 Å². The van der Waals surface area contributed by atoms with E-state index in [1.807, 2.05) is 0 Å². The molecule has 1 aromatic carbocycles. The lowest BCUT2D eigenvalue weighted by atomic mass is 11.2. The van der Waals surface area contributed by atoms with Crippen molar-refractivity contribution in [2.24, 2.45) is 0 Å². The second-order valence-corrected chi connectivity index (χ2v) is 1.89. The molecule has 0 aromatic heterocycles. The van der Waals surface area contributed by atoms with Crippen molar-refractivity contribution < 1.29 is 9.53 Å². The summed E-state index contributed by atoms with van der Waals surface area (Å²) in [6.07, 6.45) is 0.805. The van der Waals surface area contributed by atoms with Crippen molar-refractivity contribution in [2.75, 3.05) is 7.11 Å². The molecule has 0 spiro atoms. The number of aldehydes is 1. The van der Waals surface area contributed by atoms with Crippen LogP contribution in [0.1, 0.15) is 10.4 Å². The van der Waals surface area contributed by atoms with Crippen molar-refractivity contribution >= 4 is 6.29 Å². The Morgan fingerprint density at radius 3 is 2.30 bits per heavy atom. The molecular formula is C8H8O2. The first-order valence-electron chi connectivity index (χ1n) is 2.96. The predicted molar refractivity (Wildman–Crippen MR) is 38.4 cm³/mol. The molecule has 52 valence electrons. The minimum atomic E-state index is 0.667. The fourth-order valence-corrected chi connectivity index (χ4v) is 0.682. The van der Waals surface area contributed by atoms with E-state index in [9.17, 15) is 4.79 Å². The SMILES string of the molecule is CO[13c]1[13cH][13cH][13c]([13CH]=O)[13cH][13cH]1. The highest BCUT2D eigenvalue weighted by molar-refractivity contribution is 5.74. The molecule has 0 bridgehead atoms. The second-order valence-electron chi connectivity index (χ2n) is 1.89. The Morgan fingerprint density at radius 1 is 1.30 bits per heavy atom. The van der Waals surface area contributed by atoms with Crippen LogP contribution < -0.4 is 4.74 Å². The molecule has 2 nitrogen and oxygen atoms in total. The van der Waals surface area contributed by atoms with Gasteiger partial charge in [0.2, 0.25) is 0 Å². The van der Waals surface area contributed by atoms with E-state index in [1.54, 1.807) is 31.4 Å². The van der Waals surface area contributed by atoms with Gasteiger partial charge in [-0.2, -0.15) is 0 Å². The zero-order valence-electron chi connectivity index (χ0n) is 5.70. The summed E-state index contributed by atoms with van der Waals surface area (Å²) in [7, 11) is 1.59. The maximum absolute atomic E-state index is 10.2. The summed E-state index contributed by atoms with van der Waals surface area (Å²) in [6.45, 7) is 0. The Labute approximate surface area is 59.4 Å². The first-order valence-corrected chi connectivity index (χ1v) is 2.96. The third-order valence-corrected chi connectivity index (χ3v) is 1.25. The van der Waals surface area contributed by atoms with Gasteiger partial charge in [0.05, 0.1) is 7.11 Å². The third-order valence-electron chi connectivity index (χ3n) is 1.25. The Kier molecular flexibility index (Phi) is 2.05. The van der Waals surface area contributed by atoms with Crippen LogP contribution in [0, 0.1) is 0 Å². The number of rotatable bonds is 2. The molecule has 0 heterocycles. The van der Waals surface area contributed by atoms with Crippen LogP contribution in [0.4, 0.5) is 0 Å². The second kappa shape index (κ2) is 3.01. The number of ether oxygens (including phenoxy) is 1. The number of hydrogen-bond donors (Lipinski definition) is 0. The van der Waals surface area contributed by atoms with Gasteiger partial charge in [-0.25, -0.2) is 0 Å². The minimum absolute atomic E-state index is 0.667. The quantitative estimate of drug-likeness (QED) is 0.463. The maximum atomic E-state index is 10.2. The number of hydrogen-bond acceptors (Lipinski definition) is 2. The lowest BCUT2D eigenvalue weighted by Gasteiger charge is -1.96.